The van der Waals surface area contributed by atoms with Gasteiger partial charge in [-0.1, -0.05) is 34.1 Å². The van der Waals surface area contributed by atoms with Gasteiger partial charge in [0.1, 0.15) is 11.5 Å². The number of aryl methyl sites for hydroxylation is 3. The van der Waals surface area contributed by atoms with Crippen molar-refractivity contribution in [2.24, 2.45) is 0 Å². The molecule has 0 saturated carbocycles. The molecule has 2 rings (SSSR count). The summed E-state index contributed by atoms with van der Waals surface area (Å²) in [4.78, 5) is 12.0. The van der Waals surface area contributed by atoms with Gasteiger partial charge in [-0.2, -0.15) is 0 Å². The molecule has 0 heterocycles. The van der Waals surface area contributed by atoms with Crippen molar-refractivity contribution in [3.8, 4) is 11.5 Å². The SMILES string of the molecule is CCOc1ccccc1CCCNC(=O)COc1cc(C)c(Br)c(C)c1. The number of para-hydroxylation sites is 1. The lowest BCUT2D eigenvalue weighted by molar-refractivity contribution is -0.123. The minimum Gasteiger partial charge on any atom is -0.494 e. The fourth-order valence-electron chi connectivity index (χ4n) is 2.70. The Morgan fingerprint density at radius 1 is 1.12 bits per heavy atom. The van der Waals surface area contributed by atoms with E-state index in [1.807, 2.05) is 51.1 Å². The van der Waals surface area contributed by atoms with Crippen LogP contribution in [0.25, 0.3) is 0 Å². The number of benzene rings is 2. The highest BCUT2D eigenvalue weighted by molar-refractivity contribution is 9.10. The number of hydrogen-bond acceptors (Lipinski definition) is 3. The first kappa shape index (κ1) is 20.3. The van der Waals surface area contributed by atoms with Crippen molar-refractivity contribution in [2.45, 2.75) is 33.6 Å². The molecule has 5 heteroatoms. The van der Waals surface area contributed by atoms with Crippen LogP contribution in [0.3, 0.4) is 0 Å². The predicted octanol–water partition coefficient (Wildman–Crippen LogP) is 4.59. The van der Waals surface area contributed by atoms with Crippen LogP contribution in [-0.2, 0) is 11.2 Å². The topological polar surface area (TPSA) is 47.6 Å². The lowest BCUT2D eigenvalue weighted by atomic mass is 10.1. The van der Waals surface area contributed by atoms with Crippen LogP contribution in [0.2, 0.25) is 0 Å². The zero-order valence-corrected chi connectivity index (χ0v) is 17.2. The van der Waals surface area contributed by atoms with Gasteiger partial charge in [-0.15, -0.1) is 0 Å². The van der Waals surface area contributed by atoms with Crippen molar-refractivity contribution in [3.05, 3.63) is 57.6 Å². The van der Waals surface area contributed by atoms with E-state index in [-0.39, 0.29) is 12.5 Å². The number of ether oxygens (including phenoxy) is 2. The first-order valence-electron chi connectivity index (χ1n) is 8.88. The number of halogens is 1. The van der Waals surface area contributed by atoms with Gasteiger partial charge >= 0.3 is 0 Å². The molecule has 26 heavy (non-hydrogen) atoms. The van der Waals surface area contributed by atoms with Crippen LogP contribution in [-0.4, -0.2) is 25.7 Å². The second kappa shape index (κ2) is 10.2. The first-order valence-corrected chi connectivity index (χ1v) is 9.67. The number of hydrogen-bond donors (Lipinski definition) is 1. The Balaban J connectivity index is 1.73. The van der Waals surface area contributed by atoms with E-state index in [0.29, 0.717) is 18.9 Å². The van der Waals surface area contributed by atoms with Gasteiger partial charge < -0.3 is 14.8 Å². The second-order valence-electron chi connectivity index (χ2n) is 6.15. The summed E-state index contributed by atoms with van der Waals surface area (Å²) in [6.45, 7) is 7.27. The van der Waals surface area contributed by atoms with Crippen molar-refractivity contribution >= 4 is 21.8 Å². The number of rotatable bonds is 9. The summed E-state index contributed by atoms with van der Waals surface area (Å²) in [7, 11) is 0. The van der Waals surface area contributed by atoms with Crippen molar-refractivity contribution in [2.75, 3.05) is 19.8 Å². The summed E-state index contributed by atoms with van der Waals surface area (Å²) < 4.78 is 12.3. The summed E-state index contributed by atoms with van der Waals surface area (Å²) in [5.41, 5.74) is 3.35. The lowest BCUT2D eigenvalue weighted by Gasteiger charge is -2.11. The zero-order valence-electron chi connectivity index (χ0n) is 15.6. The molecule has 0 aliphatic rings. The Bertz CT molecular complexity index is 723. The van der Waals surface area contributed by atoms with Crippen molar-refractivity contribution < 1.29 is 14.3 Å². The van der Waals surface area contributed by atoms with Gasteiger partial charge in [0.2, 0.25) is 0 Å². The number of carbonyl (C=O) groups is 1. The summed E-state index contributed by atoms with van der Waals surface area (Å²) in [6, 6.07) is 11.9. The van der Waals surface area contributed by atoms with Crippen LogP contribution in [0.1, 0.15) is 30.0 Å². The molecule has 1 N–H and O–H groups in total. The third kappa shape index (κ3) is 6.06. The van der Waals surface area contributed by atoms with Crippen LogP contribution >= 0.6 is 15.9 Å². The molecule has 2 aromatic carbocycles. The number of nitrogens with one attached hydrogen (secondary N) is 1. The van der Waals surface area contributed by atoms with E-state index in [0.717, 1.165) is 34.2 Å². The highest BCUT2D eigenvalue weighted by Crippen LogP contribution is 2.26. The fourth-order valence-corrected chi connectivity index (χ4v) is 2.93. The minimum atomic E-state index is -0.110. The van der Waals surface area contributed by atoms with Gasteiger partial charge in [-0.3, -0.25) is 4.79 Å². The normalized spacial score (nSPS) is 10.5. The minimum absolute atomic E-state index is 0.0239. The van der Waals surface area contributed by atoms with Gasteiger partial charge in [0.05, 0.1) is 6.61 Å². The predicted molar refractivity (Wildman–Crippen MR) is 108 cm³/mol. The summed E-state index contributed by atoms with van der Waals surface area (Å²) in [5.74, 6) is 1.52. The van der Waals surface area contributed by atoms with Crippen LogP contribution in [0, 0.1) is 13.8 Å². The summed E-state index contributed by atoms with van der Waals surface area (Å²) in [6.07, 6.45) is 1.72. The number of amides is 1. The highest BCUT2D eigenvalue weighted by atomic mass is 79.9. The Kier molecular flexibility index (Phi) is 7.98. The molecule has 0 fully saturated rings. The Morgan fingerprint density at radius 3 is 2.50 bits per heavy atom. The molecule has 1 amide bonds. The Labute approximate surface area is 164 Å². The second-order valence-corrected chi connectivity index (χ2v) is 6.95. The van der Waals surface area contributed by atoms with Crippen LogP contribution in [0.4, 0.5) is 0 Å². The Morgan fingerprint density at radius 2 is 1.81 bits per heavy atom. The van der Waals surface area contributed by atoms with Crippen molar-refractivity contribution in [1.29, 1.82) is 0 Å². The molecule has 4 nitrogen and oxygen atoms in total. The average molecular weight is 420 g/mol. The van der Waals surface area contributed by atoms with E-state index in [9.17, 15) is 4.79 Å². The number of carbonyl (C=O) groups excluding carboxylic acids is 1. The molecule has 0 spiro atoms. The highest BCUT2D eigenvalue weighted by Gasteiger charge is 2.07. The molecule has 0 aliphatic carbocycles. The summed E-state index contributed by atoms with van der Waals surface area (Å²) >= 11 is 3.53. The van der Waals surface area contributed by atoms with E-state index >= 15 is 0 Å². The smallest absolute Gasteiger partial charge is 0.257 e. The molecule has 0 atom stereocenters. The monoisotopic (exact) mass is 419 g/mol. The lowest BCUT2D eigenvalue weighted by Crippen LogP contribution is -2.30. The molecule has 0 aromatic heterocycles. The molecule has 0 aliphatic heterocycles. The first-order chi connectivity index (χ1) is 12.5. The maximum absolute atomic E-state index is 12.0. The molecule has 0 bridgehead atoms. The van der Waals surface area contributed by atoms with Gasteiger partial charge in [0, 0.05) is 11.0 Å². The van der Waals surface area contributed by atoms with E-state index in [1.54, 1.807) is 0 Å². The standard InChI is InChI=1S/C21H26BrNO3/c1-4-25-19-10-6-5-8-17(19)9-7-11-23-20(24)14-26-18-12-15(2)21(22)16(3)13-18/h5-6,8,10,12-13H,4,7,9,11,14H2,1-3H3,(H,23,24). The molecular formula is C21H26BrNO3. The van der Waals surface area contributed by atoms with Gasteiger partial charge in [-0.25, -0.2) is 0 Å². The molecule has 0 saturated heterocycles. The fraction of sp³-hybridized carbons (Fsp3) is 0.381. The molecule has 2 aromatic rings. The van der Waals surface area contributed by atoms with Crippen LogP contribution in [0.5, 0.6) is 11.5 Å². The molecular weight excluding hydrogens is 394 g/mol. The zero-order chi connectivity index (χ0) is 18.9. The van der Waals surface area contributed by atoms with Crippen molar-refractivity contribution in [3.63, 3.8) is 0 Å². The van der Waals surface area contributed by atoms with Gasteiger partial charge in [0.15, 0.2) is 6.61 Å². The summed E-state index contributed by atoms with van der Waals surface area (Å²) in [5, 5.41) is 2.90. The molecule has 0 radical (unpaired) electrons. The third-order valence-corrected chi connectivity index (χ3v) is 5.25. The van der Waals surface area contributed by atoms with Gasteiger partial charge in [0.25, 0.3) is 5.91 Å². The average Bonchev–Trinajstić information content (AvgIpc) is 2.63. The quantitative estimate of drug-likeness (QED) is 0.604. The molecule has 0 unspecified atom stereocenters. The maximum Gasteiger partial charge on any atom is 0.257 e. The van der Waals surface area contributed by atoms with Crippen molar-refractivity contribution in [1.82, 2.24) is 5.32 Å². The van der Waals surface area contributed by atoms with Crippen LogP contribution in [0.15, 0.2) is 40.9 Å². The maximum atomic E-state index is 12.0. The van der Waals surface area contributed by atoms with E-state index in [2.05, 4.69) is 27.3 Å². The van der Waals surface area contributed by atoms with E-state index in [4.69, 9.17) is 9.47 Å². The van der Waals surface area contributed by atoms with Gasteiger partial charge in [-0.05, 0) is 68.5 Å². The largest absolute Gasteiger partial charge is 0.494 e. The van der Waals surface area contributed by atoms with E-state index in [1.165, 1.54) is 5.56 Å². The molecule has 140 valence electrons. The third-order valence-electron chi connectivity index (χ3n) is 4.00. The van der Waals surface area contributed by atoms with Crippen LogP contribution < -0.4 is 14.8 Å². The Hall–Kier alpha value is -2.01. The van der Waals surface area contributed by atoms with E-state index < -0.39 is 0 Å².